The van der Waals surface area contributed by atoms with Crippen molar-refractivity contribution >= 4 is 17.5 Å². The van der Waals surface area contributed by atoms with Gasteiger partial charge in [0.2, 0.25) is 11.8 Å². The van der Waals surface area contributed by atoms with Crippen LogP contribution in [0.25, 0.3) is 11.1 Å². The van der Waals surface area contributed by atoms with E-state index in [0.717, 1.165) is 47.2 Å². The lowest BCUT2D eigenvalue weighted by Gasteiger charge is -2.23. The number of nitrogens with one attached hydrogen (secondary N) is 3. The molecule has 3 N–H and O–H groups in total. The van der Waals surface area contributed by atoms with E-state index in [-0.39, 0.29) is 17.9 Å². The Morgan fingerprint density at radius 1 is 1.17 bits per heavy atom. The molecule has 2 aromatic carbocycles. The zero-order chi connectivity index (χ0) is 20.7. The summed E-state index contributed by atoms with van der Waals surface area (Å²) in [4.78, 5) is 24.1. The van der Waals surface area contributed by atoms with Crippen molar-refractivity contribution in [2.24, 2.45) is 5.92 Å². The molecule has 2 fully saturated rings. The molecule has 0 radical (unpaired) electrons. The van der Waals surface area contributed by atoms with Crippen molar-refractivity contribution in [3.63, 3.8) is 0 Å². The van der Waals surface area contributed by atoms with Gasteiger partial charge in [0.1, 0.15) is 6.04 Å². The van der Waals surface area contributed by atoms with Gasteiger partial charge in [0.05, 0.1) is 18.5 Å². The van der Waals surface area contributed by atoms with Gasteiger partial charge in [-0.3, -0.25) is 9.59 Å². The van der Waals surface area contributed by atoms with Gasteiger partial charge < -0.3 is 16.0 Å². The van der Waals surface area contributed by atoms with Crippen LogP contribution in [0, 0.1) is 17.2 Å². The Labute approximate surface area is 175 Å². The van der Waals surface area contributed by atoms with E-state index in [0.29, 0.717) is 24.8 Å². The first-order valence-electron chi connectivity index (χ1n) is 10.6. The van der Waals surface area contributed by atoms with Crippen LogP contribution < -0.4 is 16.0 Å². The molecule has 1 aliphatic carbocycles. The van der Waals surface area contributed by atoms with E-state index in [9.17, 15) is 14.9 Å². The molecule has 5 rings (SSSR count). The summed E-state index contributed by atoms with van der Waals surface area (Å²) in [6.07, 6.45) is 4.24. The Balaban J connectivity index is 1.23. The van der Waals surface area contributed by atoms with Gasteiger partial charge in [0.15, 0.2) is 0 Å². The third-order valence-corrected chi connectivity index (χ3v) is 6.58. The van der Waals surface area contributed by atoms with Crippen LogP contribution in [-0.2, 0) is 22.4 Å². The molecule has 1 unspecified atom stereocenters. The third kappa shape index (κ3) is 3.57. The van der Waals surface area contributed by atoms with Crippen LogP contribution in [0.1, 0.15) is 30.4 Å². The number of nitriles is 1. The van der Waals surface area contributed by atoms with Crippen LogP contribution in [-0.4, -0.2) is 29.9 Å². The maximum Gasteiger partial charge on any atom is 0.238 e. The summed E-state index contributed by atoms with van der Waals surface area (Å²) >= 11 is 0. The quantitative estimate of drug-likeness (QED) is 0.719. The molecule has 30 heavy (non-hydrogen) atoms. The summed E-state index contributed by atoms with van der Waals surface area (Å²) < 4.78 is 0. The summed E-state index contributed by atoms with van der Waals surface area (Å²) in [6, 6.07) is 16.0. The smallest absolute Gasteiger partial charge is 0.238 e. The number of anilines is 1. The van der Waals surface area contributed by atoms with E-state index in [1.54, 1.807) is 0 Å². The average Bonchev–Trinajstić information content (AvgIpc) is 3.48. The second-order valence-corrected chi connectivity index (χ2v) is 8.60. The number of rotatable bonds is 5. The Kier molecular flexibility index (Phi) is 4.76. The van der Waals surface area contributed by atoms with Crippen LogP contribution in [0.3, 0.4) is 0 Å². The first kappa shape index (κ1) is 18.8. The summed E-state index contributed by atoms with van der Waals surface area (Å²) in [5.74, 6) is 0.388. The summed E-state index contributed by atoms with van der Waals surface area (Å²) in [6.45, 7) is 0. The molecule has 2 heterocycles. The lowest BCUT2D eigenvalue weighted by Crippen LogP contribution is -2.50. The zero-order valence-electron chi connectivity index (χ0n) is 16.7. The molecule has 2 bridgehead atoms. The molecule has 0 aromatic heterocycles. The Bertz CT molecular complexity index is 1040. The van der Waals surface area contributed by atoms with Crippen molar-refractivity contribution in [3.05, 3.63) is 53.6 Å². The summed E-state index contributed by atoms with van der Waals surface area (Å²) in [5.41, 5.74) is 4.99. The number of amides is 2. The van der Waals surface area contributed by atoms with E-state index in [2.05, 4.69) is 22.0 Å². The largest absolute Gasteiger partial charge is 0.339 e. The average molecular weight is 400 g/mol. The second-order valence-electron chi connectivity index (χ2n) is 8.60. The van der Waals surface area contributed by atoms with Gasteiger partial charge in [-0.25, -0.2) is 0 Å². The molecule has 1 saturated carbocycles. The van der Waals surface area contributed by atoms with Gasteiger partial charge in [-0.2, -0.15) is 5.26 Å². The van der Waals surface area contributed by atoms with E-state index >= 15 is 0 Å². The van der Waals surface area contributed by atoms with Crippen LogP contribution in [0.5, 0.6) is 0 Å². The SMILES string of the molecule is N#C[C@H](Cc1ccc(-c2ccc3c(c2)NC(=O)C3)cc1)NC(=O)[C@H]1N[C@@H]2CCC1C2. The molecule has 1 saturated heterocycles. The Hall–Kier alpha value is -3.17. The first-order valence-corrected chi connectivity index (χ1v) is 10.6. The molecule has 3 aliphatic rings. The lowest BCUT2D eigenvalue weighted by molar-refractivity contribution is -0.124. The van der Waals surface area contributed by atoms with E-state index in [1.807, 2.05) is 42.5 Å². The molecule has 6 nitrogen and oxygen atoms in total. The van der Waals surface area contributed by atoms with Crippen LogP contribution in [0.2, 0.25) is 0 Å². The minimum atomic E-state index is -0.542. The van der Waals surface area contributed by atoms with Gasteiger partial charge in [0.25, 0.3) is 0 Å². The molecule has 152 valence electrons. The number of piperidine rings is 1. The van der Waals surface area contributed by atoms with E-state index < -0.39 is 6.04 Å². The minimum absolute atomic E-state index is 0.0303. The highest BCUT2D eigenvalue weighted by molar-refractivity contribution is 6.00. The van der Waals surface area contributed by atoms with Crippen molar-refractivity contribution in [2.75, 3.05) is 5.32 Å². The van der Waals surface area contributed by atoms with Crippen molar-refractivity contribution in [3.8, 4) is 17.2 Å². The molecule has 2 aliphatic heterocycles. The normalized spacial score (nSPS) is 24.8. The molecule has 2 aromatic rings. The summed E-state index contributed by atoms with van der Waals surface area (Å²) in [7, 11) is 0. The minimum Gasteiger partial charge on any atom is -0.339 e. The summed E-state index contributed by atoms with van der Waals surface area (Å²) in [5, 5.41) is 18.7. The third-order valence-electron chi connectivity index (χ3n) is 6.58. The fourth-order valence-electron chi connectivity index (χ4n) is 5.00. The predicted molar refractivity (Wildman–Crippen MR) is 114 cm³/mol. The van der Waals surface area contributed by atoms with Crippen LogP contribution >= 0.6 is 0 Å². The highest BCUT2D eigenvalue weighted by Gasteiger charge is 2.43. The van der Waals surface area contributed by atoms with Gasteiger partial charge in [-0.15, -0.1) is 0 Å². The second kappa shape index (κ2) is 7.58. The van der Waals surface area contributed by atoms with Crippen LogP contribution in [0.15, 0.2) is 42.5 Å². The molecule has 2 amide bonds. The van der Waals surface area contributed by atoms with Crippen molar-refractivity contribution in [1.82, 2.24) is 10.6 Å². The zero-order valence-corrected chi connectivity index (χ0v) is 16.7. The van der Waals surface area contributed by atoms with E-state index in [1.165, 1.54) is 0 Å². The fraction of sp³-hybridized carbons (Fsp3) is 0.375. The number of fused-ring (bicyclic) bond motifs is 3. The monoisotopic (exact) mass is 400 g/mol. The van der Waals surface area contributed by atoms with E-state index in [4.69, 9.17) is 0 Å². The molecule has 0 spiro atoms. The fourth-order valence-corrected chi connectivity index (χ4v) is 5.00. The Morgan fingerprint density at radius 3 is 2.67 bits per heavy atom. The molecular formula is C24H24N4O2. The molecule has 6 heteroatoms. The lowest BCUT2D eigenvalue weighted by atomic mass is 9.97. The van der Waals surface area contributed by atoms with Gasteiger partial charge >= 0.3 is 0 Å². The number of carbonyl (C=O) groups excluding carboxylic acids is 2. The van der Waals surface area contributed by atoms with Gasteiger partial charge in [0, 0.05) is 18.2 Å². The maximum absolute atomic E-state index is 12.6. The Morgan fingerprint density at radius 2 is 1.97 bits per heavy atom. The number of benzene rings is 2. The van der Waals surface area contributed by atoms with Gasteiger partial charge in [-0.1, -0.05) is 36.4 Å². The number of hydrogen-bond donors (Lipinski definition) is 3. The number of nitrogens with zero attached hydrogens (tertiary/aromatic N) is 1. The highest BCUT2D eigenvalue weighted by atomic mass is 16.2. The standard InChI is InChI=1S/C24H24N4O2/c25-13-20(27-24(30)23-18-7-8-19(10-18)26-23)9-14-1-3-15(4-2-14)16-5-6-17-12-22(29)28-21(17)11-16/h1-6,11,18-20,23,26H,7-10,12H2,(H,27,30)(H,28,29)/t18?,19-,20+,23+/m1/s1. The highest BCUT2D eigenvalue weighted by Crippen LogP contribution is 2.35. The van der Waals surface area contributed by atoms with Crippen molar-refractivity contribution in [2.45, 2.75) is 50.2 Å². The van der Waals surface area contributed by atoms with Crippen molar-refractivity contribution < 1.29 is 9.59 Å². The number of hydrogen-bond acceptors (Lipinski definition) is 4. The maximum atomic E-state index is 12.6. The molecular weight excluding hydrogens is 376 g/mol. The predicted octanol–water partition coefficient (Wildman–Crippen LogP) is 2.54. The first-order chi connectivity index (χ1) is 14.6. The topological polar surface area (TPSA) is 94.0 Å². The van der Waals surface area contributed by atoms with Gasteiger partial charge in [-0.05, 0) is 53.5 Å². The molecule has 4 atom stereocenters. The van der Waals surface area contributed by atoms with Crippen molar-refractivity contribution in [1.29, 1.82) is 5.26 Å². The number of carbonyl (C=O) groups is 2. The van der Waals surface area contributed by atoms with Crippen LogP contribution in [0.4, 0.5) is 5.69 Å².